The highest BCUT2D eigenvalue weighted by atomic mass is 19.4. The van der Waals surface area contributed by atoms with E-state index in [2.05, 4.69) is 5.32 Å². The van der Waals surface area contributed by atoms with Gasteiger partial charge in [-0.2, -0.15) is 13.2 Å². The molecule has 0 bridgehead atoms. The van der Waals surface area contributed by atoms with Gasteiger partial charge in [-0.15, -0.1) is 0 Å². The fourth-order valence-electron chi connectivity index (χ4n) is 4.73. The van der Waals surface area contributed by atoms with Gasteiger partial charge in [-0.3, -0.25) is 9.59 Å². The molecule has 31 heavy (non-hydrogen) atoms. The van der Waals surface area contributed by atoms with Crippen LogP contribution in [0.15, 0.2) is 48.5 Å². The highest BCUT2D eigenvalue weighted by Gasteiger charge is 2.47. The largest absolute Gasteiger partial charge is 0.416 e. The topological polar surface area (TPSA) is 49.4 Å². The van der Waals surface area contributed by atoms with Gasteiger partial charge in [0, 0.05) is 11.6 Å². The van der Waals surface area contributed by atoms with Gasteiger partial charge in [-0.25, -0.2) is 4.39 Å². The highest BCUT2D eigenvalue weighted by Crippen LogP contribution is 2.41. The first-order valence-corrected chi connectivity index (χ1v) is 10.3. The van der Waals surface area contributed by atoms with Crippen LogP contribution < -0.4 is 5.32 Å². The molecule has 8 heteroatoms. The number of rotatable bonds is 3. The van der Waals surface area contributed by atoms with E-state index >= 15 is 0 Å². The Morgan fingerprint density at radius 3 is 2.42 bits per heavy atom. The van der Waals surface area contributed by atoms with Crippen LogP contribution in [0.5, 0.6) is 0 Å². The number of nitrogens with zero attached hydrogens (tertiary/aromatic N) is 1. The maximum atomic E-state index is 14.2. The minimum atomic E-state index is -4.66. The Balaban J connectivity index is 1.62. The number of alkyl halides is 3. The maximum Gasteiger partial charge on any atom is 0.416 e. The van der Waals surface area contributed by atoms with E-state index < -0.39 is 35.2 Å². The minimum Gasteiger partial charge on any atom is -0.323 e. The lowest BCUT2D eigenvalue weighted by molar-refractivity contribution is -0.137. The molecule has 1 aliphatic heterocycles. The summed E-state index contributed by atoms with van der Waals surface area (Å²) in [5.41, 5.74) is -1.15. The fourth-order valence-corrected chi connectivity index (χ4v) is 4.73. The SMILES string of the molecule is O=C(Nc1cc(C(F)(F)F)ccc1F)C1CC2CCCCC2N1C(=O)c1ccccc1. The van der Waals surface area contributed by atoms with Gasteiger partial charge < -0.3 is 10.2 Å². The number of anilines is 1. The monoisotopic (exact) mass is 434 g/mol. The van der Waals surface area contributed by atoms with Gasteiger partial charge in [-0.1, -0.05) is 31.0 Å². The summed E-state index contributed by atoms with van der Waals surface area (Å²) in [6.45, 7) is 0. The van der Waals surface area contributed by atoms with Gasteiger partial charge in [0.25, 0.3) is 5.91 Å². The van der Waals surface area contributed by atoms with Crippen LogP contribution in [0.2, 0.25) is 0 Å². The zero-order valence-electron chi connectivity index (χ0n) is 16.7. The zero-order chi connectivity index (χ0) is 22.2. The summed E-state index contributed by atoms with van der Waals surface area (Å²) in [6.07, 6.45) is -0.655. The number of nitrogens with one attached hydrogen (secondary N) is 1. The van der Waals surface area contributed by atoms with Crippen LogP contribution >= 0.6 is 0 Å². The van der Waals surface area contributed by atoms with Crippen molar-refractivity contribution >= 4 is 17.5 Å². The number of carbonyl (C=O) groups is 2. The van der Waals surface area contributed by atoms with Crippen molar-refractivity contribution in [3.63, 3.8) is 0 Å². The molecule has 4 rings (SSSR count). The number of carbonyl (C=O) groups excluding carboxylic acids is 2. The first-order chi connectivity index (χ1) is 14.8. The molecule has 0 radical (unpaired) electrons. The van der Waals surface area contributed by atoms with E-state index in [1.54, 1.807) is 35.2 Å². The molecule has 2 fully saturated rings. The third kappa shape index (κ3) is 4.29. The predicted molar refractivity (Wildman–Crippen MR) is 107 cm³/mol. The van der Waals surface area contributed by atoms with E-state index in [-0.39, 0.29) is 17.9 Å². The second kappa shape index (κ2) is 8.32. The summed E-state index contributed by atoms with van der Waals surface area (Å²) < 4.78 is 53.2. The summed E-state index contributed by atoms with van der Waals surface area (Å²) >= 11 is 0. The van der Waals surface area contributed by atoms with Crippen LogP contribution in [0.4, 0.5) is 23.2 Å². The Bertz CT molecular complexity index is 977. The first kappa shape index (κ1) is 21.3. The van der Waals surface area contributed by atoms with Crippen molar-refractivity contribution < 1.29 is 27.2 Å². The second-order valence-corrected chi connectivity index (χ2v) is 8.12. The number of halogens is 4. The van der Waals surface area contributed by atoms with E-state index in [0.717, 1.165) is 25.7 Å². The molecule has 0 aromatic heterocycles. The highest BCUT2D eigenvalue weighted by molar-refractivity contribution is 6.02. The molecular formula is C23H22F4N2O2. The summed E-state index contributed by atoms with van der Waals surface area (Å²) in [5, 5.41) is 2.30. The van der Waals surface area contributed by atoms with Crippen molar-refractivity contribution in [3.8, 4) is 0 Å². The molecule has 0 spiro atoms. The van der Waals surface area contributed by atoms with Crippen molar-refractivity contribution in [1.82, 2.24) is 4.90 Å². The molecule has 1 saturated heterocycles. The third-order valence-corrected chi connectivity index (χ3v) is 6.20. The van der Waals surface area contributed by atoms with Crippen molar-refractivity contribution in [3.05, 3.63) is 65.5 Å². The van der Waals surface area contributed by atoms with E-state index in [0.29, 0.717) is 30.2 Å². The Hall–Kier alpha value is -2.90. The van der Waals surface area contributed by atoms with E-state index in [1.165, 1.54) is 0 Å². The van der Waals surface area contributed by atoms with Crippen LogP contribution in [0.3, 0.4) is 0 Å². The maximum absolute atomic E-state index is 14.2. The fraction of sp³-hybridized carbons (Fsp3) is 0.391. The number of benzene rings is 2. The number of amides is 2. The van der Waals surface area contributed by atoms with Crippen LogP contribution in [-0.2, 0) is 11.0 Å². The van der Waals surface area contributed by atoms with E-state index in [4.69, 9.17) is 0 Å². The summed E-state index contributed by atoms with van der Waals surface area (Å²) in [7, 11) is 0. The molecule has 3 atom stereocenters. The van der Waals surface area contributed by atoms with Crippen molar-refractivity contribution in [2.75, 3.05) is 5.32 Å². The molecule has 2 aromatic carbocycles. The van der Waals surface area contributed by atoms with Crippen molar-refractivity contribution in [2.24, 2.45) is 5.92 Å². The van der Waals surface area contributed by atoms with Gasteiger partial charge in [0.2, 0.25) is 5.91 Å². The van der Waals surface area contributed by atoms with Gasteiger partial charge in [0.1, 0.15) is 11.9 Å². The Morgan fingerprint density at radius 1 is 1.00 bits per heavy atom. The molecule has 2 aromatic rings. The molecule has 1 N–H and O–H groups in total. The number of likely N-dealkylation sites (tertiary alicyclic amines) is 1. The molecule has 2 aliphatic rings. The van der Waals surface area contributed by atoms with E-state index in [9.17, 15) is 27.2 Å². The van der Waals surface area contributed by atoms with Gasteiger partial charge >= 0.3 is 6.18 Å². The van der Waals surface area contributed by atoms with E-state index in [1.807, 2.05) is 0 Å². The Labute approximate surface area is 177 Å². The molecule has 1 aliphatic carbocycles. The van der Waals surface area contributed by atoms with Crippen molar-refractivity contribution in [2.45, 2.75) is 50.4 Å². The molecule has 4 nitrogen and oxygen atoms in total. The smallest absolute Gasteiger partial charge is 0.323 e. The average molecular weight is 434 g/mol. The van der Waals surface area contributed by atoms with Crippen LogP contribution in [0, 0.1) is 11.7 Å². The van der Waals surface area contributed by atoms with Crippen LogP contribution in [0.25, 0.3) is 0 Å². The normalized spacial score (nSPS) is 23.4. The van der Waals surface area contributed by atoms with Gasteiger partial charge in [-0.05, 0) is 55.5 Å². The molecule has 3 unspecified atom stereocenters. The molecular weight excluding hydrogens is 412 g/mol. The Kier molecular flexibility index (Phi) is 5.73. The van der Waals surface area contributed by atoms with Gasteiger partial charge in [0.05, 0.1) is 11.3 Å². The zero-order valence-corrected chi connectivity index (χ0v) is 16.7. The molecule has 2 amide bonds. The number of hydrogen-bond donors (Lipinski definition) is 1. The minimum absolute atomic E-state index is 0.108. The second-order valence-electron chi connectivity index (χ2n) is 8.12. The van der Waals surface area contributed by atoms with Crippen molar-refractivity contribution in [1.29, 1.82) is 0 Å². The standard InChI is InChI=1S/C23H22F4N2O2/c24-17-11-10-16(23(25,26)27)13-18(17)28-21(30)20-12-15-8-4-5-9-19(15)29(20)22(31)14-6-2-1-3-7-14/h1-3,6-7,10-11,13,15,19-20H,4-5,8-9,12H2,(H,28,30). The molecule has 1 heterocycles. The lowest BCUT2D eigenvalue weighted by Crippen LogP contribution is -2.47. The average Bonchev–Trinajstić information content (AvgIpc) is 3.14. The van der Waals surface area contributed by atoms with Gasteiger partial charge in [0.15, 0.2) is 0 Å². The summed E-state index contributed by atoms with van der Waals surface area (Å²) in [6, 6.07) is 9.49. The quantitative estimate of drug-likeness (QED) is 0.671. The lowest BCUT2D eigenvalue weighted by Gasteiger charge is -2.33. The summed E-state index contributed by atoms with van der Waals surface area (Å²) in [5.74, 6) is -1.78. The van der Waals surface area contributed by atoms with Crippen LogP contribution in [0.1, 0.15) is 48.0 Å². The first-order valence-electron chi connectivity index (χ1n) is 10.3. The van der Waals surface area contributed by atoms with Crippen LogP contribution in [-0.4, -0.2) is 28.8 Å². The number of hydrogen-bond acceptors (Lipinski definition) is 2. The third-order valence-electron chi connectivity index (χ3n) is 6.20. The molecule has 1 saturated carbocycles. The number of fused-ring (bicyclic) bond motifs is 1. The Morgan fingerprint density at radius 2 is 1.71 bits per heavy atom. The molecule has 164 valence electrons. The summed E-state index contributed by atoms with van der Waals surface area (Å²) in [4.78, 5) is 27.9. The predicted octanol–water partition coefficient (Wildman–Crippen LogP) is 5.26. The lowest BCUT2D eigenvalue weighted by atomic mass is 9.84.